The molecule has 0 aliphatic carbocycles. The minimum absolute atomic E-state index is 0.651. The zero-order valence-electron chi connectivity index (χ0n) is 12.8. The molecule has 0 radical (unpaired) electrons. The number of aromatic nitrogens is 2. The Hall–Kier alpha value is -1.65. The highest BCUT2D eigenvalue weighted by Gasteiger charge is 2.17. The van der Waals surface area contributed by atoms with Crippen molar-refractivity contribution >= 4 is 16.3 Å². The monoisotopic (exact) mass is 299 g/mol. The Balaban J connectivity index is 2.22. The van der Waals surface area contributed by atoms with Crippen LogP contribution in [0.15, 0.2) is 24.3 Å². The van der Waals surface area contributed by atoms with Crippen LogP contribution in [0.25, 0.3) is 16.2 Å². The van der Waals surface area contributed by atoms with E-state index < -0.39 is 0 Å². The van der Waals surface area contributed by atoms with E-state index in [1.807, 2.05) is 0 Å². The summed E-state index contributed by atoms with van der Waals surface area (Å²) in [5.41, 5.74) is 12.0. The van der Waals surface area contributed by atoms with Crippen molar-refractivity contribution in [1.29, 1.82) is 0 Å². The molecular weight excluding hydrogens is 278 g/mol. The molecule has 4 heteroatoms. The SMILES string of the molecule is CCc1ccc(-c2c(C)sc3nc(C)c(CCN)n23)cc1. The standard InChI is InChI=1S/C17H21N3S/c1-4-13-5-7-14(8-6-13)16-12(3)21-17-19-11(2)15(9-10-18)20(16)17/h5-8H,4,9-10,18H2,1-3H3. The van der Waals surface area contributed by atoms with Crippen molar-refractivity contribution < 1.29 is 0 Å². The molecular formula is C17H21N3S. The molecule has 0 unspecified atom stereocenters. The van der Waals surface area contributed by atoms with Crippen molar-refractivity contribution in [1.82, 2.24) is 9.38 Å². The third-order valence-corrected chi connectivity index (χ3v) is 4.92. The van der Waals surface area contributed by atoms with E-state index in [1.165, 1.54) is 27.4 Å². The first kappa shape index (κ1) is 14.3. The van der Waals surface area contributed by atoms with Crippen LogP contribution in [0.2, 0.25) is 0 Å². The number of nitrogens with two attached hydrogens (primary N) is 1. The zero-order chi connectivity index (χ0) is 15.0. The summed E-state index contributed by atoms with van der Waals surface area (Å²) in [6, 6.07) is 8.86. The van der Waals surface area contributed by atoms with E-state index in [0.717, 1.165) is 23.5 Å². The Morgan fingerprint density at radius 1 is 1.19 bits per heavy atom. The van der Waals surface area contributed by atoms with Gasteiger partial charge in [0, 0.05) is 17.0 Å². The van der Waals surface area contributed by atoms with Gasteiger partial charge in [-0.1, -0.05) is 31.2 Å². The molecule has 0 fully saturated rings. The van der Waals surface area contributed by atoms with Crippen LogP contribution in [0.1, 0.15) is 28.8 Å². The summed E-state index contributed by atoms with van der Waals surface area (Å²) in [5.74, 6) is 0. The highest BCUT2D eigenvalue weighted by Crippen LogP contribution is 2.33. The van der Waals surface area contributed by atoms with Gasteiger partial charge in [0.25, 0.3) is 0 Å². The number of rotatable bonds is 4. The lowest BCUT2D eigenvalue weighted by Crippen LogP contribution is -2.06. The fourth-order valence-corrected chi connectivity index (χ4v) is 3.89. The topological polar surface area (TPSA) is 43.3 Å². The number of fused-ring (bicyclic) bond motifs is 1. The fraction of sp³-hybridized carbons (Fsp3) is 0.353. The van der Waals surface area contributed by atoms with Gasteiger partial charge >= 0.3 is 0 Å². The highest BCUT2D eigenvalue weighted by atomic mass is 32.1. The smallest absolute Gasteiger partial charge is 0.194 e. The molecule has 0 aliphatic rings. The highest BCUT2D eigenvalue weighted by molar-refractivity contribution is 7.17. The molecule has 2 N–H and O–H groups in total. The summed E-state index contributed by atoms with van der Waals surface area (Å²) < 4.78 is 2.29. The number of thiazole rings is 1. The molecule has 110 valence electrons. The van der Waals surface area contributed by atoms with Crippen molar-refractivity contribution in [2.45, 2.75) is 33.6 Å². The van der Waals surface area contributed by atoms with Crippen LogP contribution in [0.5, 0.6) is 0 Å². The third-order valence-electron chi connectivity index (χ3n) is 3.96. The number of nitrogens with zero attached hydrogens (tertiary/aromatic N) is 2. The Morgan fingerprint density at radius 2 is 1.90 bits per heavy atom. The lowest BCUT2D eigenvalue weighted by Gasteiger charge is -2.07. The van der Waals surface area contributed by atoms with E-state index in [0.29, 0.717) is 6.54 Å². The van der Waals surface area contributed by atoms with Gasteiger partial charge in [-0.05, 0) is 37.9 Å². The summed E-state index contributed by atoms with van der Waals surface area (Å²) in [5, 5.41) is 0. The summed E-state index contributed by atoms with van der Waals surface area (Å²) in [6.07, 6.45) is 1.93. The molecule has 3 nitrogen and oxygen atoms in total. The van der Waals surface area contributed by atoms with E-state index in [9.17, 15) is 0 Å². The van der Waals surface area contributed by atoms with Crippen LogP contribution in [0, 0.1) is 13.8 Å². The quantitative estimate of drug-likeness (QED) is 0.797. The predicted molar refractivity (Wildman–Crippen MR) is 90.1 cm³/mol. The van der Waals surface area contributed by atoms with Gasteiger partial charge < -0.3 is 5.73 Å². The van der Waals surface area contributed by atoms with E-state index in [2.05, 4.69) is 49.4 Å². The Bertz CT molecular complexity index is 766. The van der Waals surface area contributed by atoms with E-state index in [1.54, 1.807) is 11.3 Å². The Labute approximate surface area is 129 Å². The summed E-state index contributed by atoms with van der Waals surface area (Å²) in [6.45, 7) is 7.08. The third kappa shape index (κ3) is 2.39. The fourth-order valence-electron chi connectivity index (χ4n) is 2.84. The van der Waals surface area contributed by atoms with Crippen LogP contribution >= 0.6 is 11.3 Å². The molecule has 0 aliphatic heterocycles. The predicted octanol–water partition coefficient (Wildman–Crippen LogP) is 3.74. The maximum atomic E-state index is 5.78. The van der Waals surface area contributed by atoms with Gasteiger partial charge in [0.2, 0.25) is 0 Å². The van der Waals surface area contributed by atoms with Gasteiger partial charge in [-0.25, -0.2) is 4.98 Å². The lowest BCUT2D eigenvalue weighted by molar-refractivity contribution is 0.898. The van der Waals surface area contributed by atoms with E-state index in [4.69, 9.17) is 10.7 Å². The number of imidazole rings is 1. The second-order valence-electron chi connectivity index (χ2n) is 5.36. The van der Waals surface area contributed by atoms with Crippen LogP contribution in [-0.4, -0.2) is 15.9 Å². The van der Waals surface area contributed by atoms with E-state index in [-0.39, 0.29) is 0 Å². The Kier molecular flexibility index (Phi) is 3.83. The summed E-state index contributed by atoms with van der Waals surface area (Å²) in [7, 11) is 0. The molecule has 1 aromatic carbocycles. The molecule has 2 aromatic heterocycles. The van der Waals surface area contributed by atoms with E-state index >= 15 is 0 Å². The van der Waals surface area contributed by atoms with Crippen LogP contribution < -0.4 is 5.73 Å². The van der Waals surface area contributed by atoms with Gasteiger partial charge in [-0.3, -0.25) is 4.40 Å². The first-order valence-electron chi connectivity index (χ1n) is 7.42. The first-order chi connectivity index (χ1) is 10.2. The lowest BCUT2D eigenvalue weighted by atomic mass is 10.1. The molecule has 2 heterocycles. The Morgan fingerprint density at radius 3 is 2.52 bits per heavy atom. The number of hydrogen-bond acceptors (Lipinski definition) is 3. The van der Waals surface area contributed by atoms with Crippen molar-refractivity contribution in [3.05, 3.63) is 46.1 Å². The molecule has 0 saturated heterocycles. The van der Waals surface area contributed by atoms with Crippen molar-refractivity contribution in [3.8, 4) is 11.3 Å². The van der Waals surface area contributed by atoms with Gasteiger partial charge in [0.05, 0.1) is 11.4 Å². The summed E-state index contributed by atoms with van der Waals surface area (Å²) >= 11 is 1.76. The van der Waals surface area contributed by atoms with Crippen LogP contribution in [0.3, 0.4) is 0 Å². The molecule has 0 spiro atoms. The zero-order valence-corrected chi connectivity index (χ0v) is 13.6. The second kappa shape index (κ2) is 5.62. The van der Waals surface area contributed by atoms with Crippen molar-refractivity contribution in [2.75, 3.05) is 6.54 Å². The molecule has 0 bridgehead atoms. The number of aryl methyl sites for hydroxylation is 3. The molecule has 0 saturated carbocycles. The van der Waals surface area contributed by atoms with Crippen molar-refractivity contribution in [3.63, 3.8) is 0 Å². The van der Waals surface area contributed by atoms with Gasteiger partial charge in [0.1, 0.15) is 0 Å². The number of benzene rings is 1. The average molecular weight is 299 g/mol. The molecule has 21 heavy (non-hydrogen) atoms. The van der Waals surface area contributed by atoms with Gasteiger partial charge in [-0.15, -0.1) is 11.3 Å². The van der Waals surface area contributed by atoms with Crippen LogP contribution in [-0.2, 0) is 12.8 Å². The second-order valence-corrected chi connectivity index (χ2v) is 6.54. The molecule has 3 aromatic rings. The minimum Gasteiger partial charge on any atom is -0.330 e. The first-order valence-corrected chi connectivity index (χ1v) is 8.24. The van der Waals surface area contributed by atoms with Crippen molar-refractivity contribution in [2.24, 2.45) is 5.73 Å². The van der Waals surface area contributed by atoms with Crippen LogP contribution in [0.4, 0.5) is 0 Å². The average Bonchev–Trinajstić information content (AvgIpc) is 2.95. The normalized spacial score (nSPS) is 11.4. The number of hydrogen-bond donors (Lipinski definition) is 1. The van der Waals surface area contributed by atoms with Gasteiger partial charge in [-0.2, -0.15) is 0 Å². The molecule has 3 rings (SSSR count). The van der Waals surface area contributed by atoms with Gasteiger partial charge in [0.15, 0.2) is 4.96 Å². The largest absolute Gasteiger partial charge is 0.330 e. The molecule has 0 atom stereocenters. The summed E-state index contributed by atoms with van der Waals surface area (Å²) in [4.78, 5) is 7.08. The maximum absolute atomic E-state index is 5.78. The maximum Gasteiger partial charge on any atom is 0.194 e. The molecule has 0 amide bonds. The minimum atomic E-state index is 0.651.